The highest BCUT2D eigenvalue weighted by molar-refractivity contribution is 7.91. The molecule has 0 saturated carbocycles. The van der Waals surface area contributed by atoms with E-state index in [9.17, 15) is 17.2 Å². The molecule has 0 bridgehead atoms. The Morgan fingerprint density at radius 2 is 1.32 bits per heavy atom. The van der Waals surface area contributed by atoms with Crippen molar-refractivity contribution in [2.45, 2.75) is 29.7 Å². The fourth-order valence-corrected chi connectivity index (χ4v) is 3.71. The van der Waals surface area contributed by atoms with Gasteiger partial charge in [-0.15, -0.1) is 0 Å². The molecule has 0 radical (unpaired) electrons. The van der Waals surface area contributed by atoms with Gasteiger partial charge in [0.2, 0.25) is 9.84 Å². The van der Waals surface area contributed by atoms with E-state index in [-0.39, 0.29) is 10.9 Å². The second kappa shape index (κ2) is 9.08. The smallest absolute Gasteiger partial charge is 0.306 e. The number of nitrogens with one attached hydrogen (secondary N) is 1. The van der Waals surface area contributed by atoms with Crippen LogP contribution in [0.25, 0.3) is 0 Å². The van der Waals surface area contributed by atoms with Gasteiger partial charge in [-0.3, -0.25) is 0 Å². The summed E-state index contributed by atoms with van der Waals surface area (Å²) in [6, 6.07) is 25.8. The van der Waals surface area contributed by atoms with Gasteiger partial charge in [0.1, 0.15) is 0 Å². The molecule has 0 heterocycles. The summed E-state index contributed by atoms with van der Waals surface area (Å²) in [7, 11) is -4.56. The molecular weight excluding hydrogens is 380 g/mol. The molecule has 0 aromatic heterocycles. The molecule has 3 rings (SSSR count). The molecule has 0 aliphatic carbocycles. The quantitative estimate of drug-likeness (QED) is 0.592. The van der Waals surface area contributed by atoms with Crippen LogP contribution in [0.1, 0.15) is 22.7 Å². The zero-order valence-corrected chi connectivity index (χ0v) is 15.9. The third-order valence-corrected chi connectivity index (χ3v) is 5.92. The normalized spacial score (nSPS) is 12.8. The summed E-state index contributed by atoms with van der Waals surface area (Å²) in [6.45, 7) is 0.488. The largest absolute Gasteiger partial charge is 0.341 e. The van der Waals surface area contributed by atoms with Gasteiger partial charge in [-0.2, -0.15) is 8.78 Å². The second-order valence-electron chi connectivity index (χ2n) is 6.48. The Balaban J connectivity index is 1.73. The molecule has 28 heavy (non-hydrogen) atoms. The molecule has 146 valence electrons. The lowest BCUT2D eigenvalue weighted by molar-refractivity contribution is 0.234. The predicted octanol–water partition coefficient (Wildman–Crippen LogP) is 4.76. The topological polar surface area (TPSA) is 46.2 Å². The third kappa shape index (κ3) is 5.03. The molecule has 1 N–H and O–H groups in total. The van der Waals surface area contributed by atoms with Gasteiger partial charge in [-0.05, 0) is 35.2 Å². The van der Waals surface area contributed by atoms with Crippen molar-refractivity contribution in [1.29, 1.82) is 0 Å². The fourth-order valence-electron chi connectivity index (χ4n) is 2.98. The average molecular weight is 401 g/mol. The van der Waals surface area contributed by atoms with Gasteiger partial charge >= 0.3 is 5.76 Å². The van der Waals surface area contributed by atoms with Gasteiger partial charge in [0.15, 0.2) is 0 Å². The van der Waals surface area contributed by atoms with Crippen molar-refractivity contribution in [1.82, 2.24) is 5.32 Å². The zero-order valence-electron chi connectivity index (χ0n) is 15.1. The van der Waals surface area contributed by atoms with Crippen molar-refractivity contribution in [3.63, 3.8) is 0 Å². The molecule has 3 aromatic carbocycles. The SMILES string of the molecule is O=S(=O)(c1ccc(CNC(Cc2ccccc2)c2ccccc2)cc1)C(F)F. The van der Waals surface area contributed by atoms with E-state index in [0.717, 1.165) is 17.5 Å². The summed E-state index contributed by atoms with van der Waals surface area (Å²) in [5.41, 5.74) is 3.16. The van der Waals surface area contributed by atoms with Gasteiger partial charge in [0.05, 0.1) is 4.90 Å². The molecule has 3 aromatic rings. The lowest BCUT2D eigenvalue weighted by atomic mass is 9.98. The number of halogens is 2. The van der Waals surface area contributed by atoms with E-state index in [0.29, 0.717) is 6.54 Å². The predicted molar refractivity (Wildman–Crippen MR) is 106 cm³/mol. The molecule has 0 aliphatic heterocycles. The maximum atomic E-state index is 12.6. The van der Waals surface area contributed by atoms with Gasteiger partial charge < -0.3 is 5.32 Å². The minimum atomic E-state index is -4.56. The van der Waals surface area contributed by atoms with E-state index in [1.807, 2.05) is 36.4 Å². The van der Waals surface area contributed by atoms with E-state index in [1.54, 1.807) is 12.1 Å². The monoisotopic (exact) mass is 401 g/mol. The van der Waals surface area contributed by atoms with E-state index >= 15 is 0 Å². The number of benzene rings is 3. The highest BCUT2D eigenvalue weighted by atomic mass is 32.2. The van der Waals surface area contributed by atoms with E-state index < -0.39 is 15.6 Å². The van der Waals surface area contributed by atoms with Gasteiger partial charge in [-0.25, -0.2) is 8.42 Å². The molecule has 0 spiro atoms. The van der Waals surface area contributed by atoms with Crippen LogP contribution >= 0.6 is 0 Å². The number of rotatable bonds is 8. The summed E-state index contributed by atoms with van der Waals surface area (Å²) >= 11 is 0. The van der Waals surface area contributed by atoms with Crippen LogP contribution in [0.3, 0.4) is 0 Å². The van der Waals surface area contributed by atoms with Crippen LogP contribution in [-0.2, 0) is 22.8 Å². The number of sulfone groups is 1. The van der Waals surface area contributed by atoms with Gasteiger partial charge in [-0.1, -0.05) is 72.8 Å². The summed E-state index contributed by atoms with van der Waals surface area (Å²) < 4.78 is 48.4. The van der Waals surface area contributed by atoms with Gasteiger partial charge in [0.25, 0.3) is 0 Å². The molecular formula is C22H21F2NO2S. The summed E-state index contributed by atoms with van der Waals surface area (Å²) in [6.07, 6.45) is 0.794. The minimum Gasteiger partial charge on any atom is -0.306 e. The Bertz CT molecular complexity index is 976. The van der Waals surface area contributed by atoms with Crippen LogP contribution in [0.15, 0.2) is 89.8 Å². The summed E-state index contributed by atoms with van der Waals surface area (Å²) in [5, 5.41) is 3.48. The van der Waals surface area contributed by atoms with Crippen molar-refractivity contribution in [3.05, 3.63) is 102 Å². The Hall–Kier alpha value is -2.57. The first kappa shape index (κ1) is 20.2. The van der Waals surface area contributed by atoms with Crippen LogP contribution in [0, 0.1) is 0 Å². The van der Waals surface area contributed by atoms with E-state index in [2.05, 4.69) is 29.6 Å². The Labute approximate surface area is 164 Å². The molecule has 0 saturated heterocycles. The molecule has 1 unspecified atom stereocenters. The highest BCUT2D eigenvalue weighted by Gasteiger charge is 2.26. The van der Waals surface area contributed by atoms with Gasteiger partial charge in [0, 0.05) is 12.6 Å². The summed E-state index contributed by atoms with van der Waals surface area (Å²) in [5.74, 6) is -3.41. The first-order valence-corrected chi connectivity index (χ1v) is 10.4. The van der Waals surface area contributed by atoms with Crippen molar-refractivity contribution in [2.24, 2.45) is 0 Å². The Morgan fingerprint density at radius 1 is 0.750 bits per heavy atom. The first-order valence-electron chi connectivity index (χ1n) is 8.90. The molecule has 0 aliphatic rings. The number of hydrogen-bond acceptors (Lipinski definition) is 3. The average Bonchev–Trinajstić information content (AvgIpc) is 2.72. The lowest BCUT2D eigenvalue weighted by Gasteiger charge is -2.20. The van der Waals surface area contributed by atoms with E-state index in [1.165, 1.54) is 17.7 Å². The van der Waals surface area contributed by atoms with Crippen LogP contribution in [0.4, 0.5) is 8.78 Å². The molecule has 0 amide bonds. The maximum absolute atomic E-state index is 12.6. The van der Waals surface area contributed by atoms with E-state index in [4.69, 9.17) is 0 Å². The number of hydrogen-bond donors (Lipinski definition) is 1. The van der Waals surface area contributed by atoms with Crippen LogP contribution in [0.5, 0.6) is 0 Å². The molecule has 3 nitrogen and oxygen atoms in total. The van der Waals surface area contributed by atoms with Crippen LogP contribution < -0.4 is 5.32 Å². The van der Waals surface area contributed by atoms with Crippen LogP contribution in [-0.4, -0.2) is 14.2 Å². The standard InChI is InChI=1S/C22H21F2NO2S/c23-22(24)28(26,27)20-13-11-18(12-14-20)16-25-21(19-9-5-2-6-10-19)15-17-7-3-1-4-8-17/h1-14,21-22,25H,15-16H2. The first-order chi connectivity index (χ1) is 13.5. The molecule has 1 atom stereocenters. The van der Waals surface area contributed by atoms with Crippen molar-refractivity contribution < 1.29 is 17.2 Å². The minimum absolute atomic E-state index is 0.0630. The fraction of sp³-hybridized carbons (Fsp3) is 0.182. The Morgan fingerprint density at radius 3 is 1.89 bits per heavy atom. The molecule has 6 heteroatoms. The summed E-state index contributed by atoms with van der Waals surface area (Å²) in [4.78, 5) is -0.366. The highest BCUT2D eigenvalue weighted by Crippen LogP contribution is 2.21. The maximum Gasteiger partial charge on any atom is 0.341 e. The third-order valence-electron chi connectivity index (χ3n) is 4.52. The second-order valence-corrected chi connectivity index (χ2v) is 8.40. The van der Waals surface area contributed by atoms with Crippen molar-refractivity contribution in [2.75, 3.05) is 0 Å². The number of alkyl halides is 2. The zero-order chi connectivity index (χ0) is 20.0. The Kier molecular flexibility index (Phi) is 6.54. The molecule has 0 fully saturated rings. The van der Waals surface area contributed by atoms with Crippen molar-refractivity contribution in [3.8, 4) is 0 Å². The van der Waals surface area contributed by atoms with Crippen LogP contribution in [0.2, 0.25) is 0 Å². The lowest BCUT2D eigenvalue weighted by Crippen LogP contribution is -2.23. The van der Waals surface area contributed by atoms with Crippen molar-refractivity contribution >= 4 is 9.84 Å².